The molecule has 8 heteroatoms. The average molecular weight is 347 g/mol. The molecule has 0 spiro atoms. The first-order valence-corrected chi connectivity index (χ1v) is 8.84. The van der Waals surface area contributed by atoms with Crippen molar-refractivity contribution in [3.63, 3.8) is 0 Å². The van der Waals surface area contributed by atoms with Gasteiger partial charge in [0.1, 0.15) is 11.4 Å². The fraction of sp³-hybridized carbons (Fsp3) is 0.647. The predicted octanol–water partition coefficient (Wildman–Crippen LogP) is 0.340. The fourth-order valence-electron chi connectivity index (χ4n) is 3.76. The summed E-state index contributed by atoms with van der Waals surface area (Å²) in [5.41, 5.74) is 5.38. The van der Waals surface area contributed by atoms with Crippen LogP contribution in [-0.4, -0.2) is 65.1 Å². The number of aromatic nitrogens is 2. The van der Waals surface area contributed by atoms with Crippen molar-refractivity contribution in [1.82, 2.24) is 20.2 Å². The minimum Gasteiger partial charge on any atom is -0.379 e. The Bertz CT molecular complexity index is 607. The Labute approximate surface area is 147 Å². The molecule has 136 valence electrons. The lowest BCUT2D eigenvalue weighted by Gasteiger charge is -2.48. The molecular weight excluding hydrogens is 322 g/mol. The van der Waals surface area contributed by atoms with Gasteiger partial charge in [-0.3, -0.25) is 14.5 Å². The van der Waals surface area contributed by atoms with Gasteiger partial charge in [-0.2, -0.15) is 0 Å². The largest absolute Gasteiger partial charge is 0.379 e. The number of primary amides is 1. The van der Waals surface area contributed by atoms with Crippen molar-refractivity contribution < 1.29 is 14.3 Å². The summed E-state index contributed by atoms with van der Waals surface area (Å²) in [5.74, 6) is -0.935. The van der Waals surface area contributed by atoms with Crippen LogP contribution in [0.5, 0.6) is 0 Å². The highest BCUT2D eigenvalue weighted by atomic mass is 16.5. The van der Waals surface area contributed by atoms with Crippen LogP contribution in [-0.2, 0) is 4.74 Å². The Morgan fingerprint density at radius 1 is 1.12 bits per heavy atom. The third-order valence-corrected chi connectivity index (χ3v) is 5.18. The van der Waals surface area contributed by atoms with Crippen molar-refractivity contribution in [2.45, 2.75) is 37.6 Å². The SMILES string of the molecule is NC(=O)c1cnc(C(=O)NCC2(N3CCOCC3)CCCCC2)cn1. The van der Waals surface area contributed by atoms with Crippen LogP contribution in [0.15, 0.2) is 12.4 Å². The standard InChI is InChI=1S/C17H25N5O3/c18-15(23)13-10-20-14(11-19-13)16(24)21-12-17(4-2-1-3-5-17)22-6-8-25-9-7-22/h10-11H,1-9,12H2,(H2,18,23)(H,21,24). The van der Waals surface area contributed by atoms with E-state index in [-0.39, 0.29) is 22.8 Å². The van der Waals surface area contributed by atoms with E-state index in [1.165, 1.54) is 31.7 Å². The van der Waals surface area contributed by atoms with Crippen LogP contribution in [0.4, 0.5) is 0 Å². The van der Waals surface area contributed by atoms with Gasteiger partial charge < -0.3 is 15.8 Å². The lowest BCUT2D eigenvalue weighted by molar-refractivity contribution is -0.0361. The van der Waals surface area contributed by atoms with E-state index >= 15 is 0 Å². The molecule has 2 aliphatic rings. The molecule has 1 saturated heterocycles. The number of nitrogens with two attached hydrogens (primary N) is 1. The third kappa shape index (κ3) is 4.13. The summed E-state index contributed by atoms with van der Waals surface area (Å²) in [4.78, 5) is 33.8. The number of morpholine rings is 1. The van der Waals surface area contributed by atoms with Crippen molar-refractivity contribution in [2.75, 3.05) is 32.8 Å². The molecule has 0 bridgehead atoms. The van der Waals surface area contributed by atoms with Crippen molar-refractivity contribution in [2.24, 2.45) is 5.73 Å². The van der Waals surface area contributed by atoms with Crippen molar-refractivity contribution >= 4 is 11.8 Å². The highest BCUT2D eigenvalue weighted by Gasteiger charge is 2.38. The molecule has 1 aromatic heterocycles. The molecule has 1 aliphatic carbocycles. The normalized spacial score (nSPS) is 20.8. The molecule has 2 heterocycles. The summed E-state index contributed by atoms with van der Waals surface area (Å²) in [6.07, 6.45) is 8.30. The molecule has 3 rings (SSSR count). The topological polar surface area (TPSA) is 110 Å². The number of hydrogen-bond donors (Lipinski definition) is 2. The summed E-state index contributed by atoms with van der Waals surface area (Å²) in [7, 11) is 0. The lowest BCUT2D eigenvalue weighted by Crippen LogP contribution is -2.59. The second-order valence-electron chi connectivity index (χ2n) is 6.72. The number of ether oxygens (including phenoxy) is 1. The van der Waals surface area contributed by atoms with E-state index in [2.05, 4.69) is 20.2 Å². The zero-order chi connectivity index (χ0) is 17.7. The minimum atomic E-state index is -0.659. The van der Waals surface area contributed by atoms with E-state index < -0.39 is 5.91 Å². The Morgan fingerprint density at radius 2 is 1.76 bits per heavy atom. The van der Waals surface area contributed by atoms with E-state index in [1.807, 2.05) is 0 Å². The average Bonchev–Trinajstić information content (AvgIpc) is 2.67. The van der Waals surface area contributed by atoms with Gasteiger partial charge in [-0.15, -0.1) is 0 Å². The summed E-state index contributed by atoms with van der Waals surface area (Å²) in [5, 5.41) is 3.02. The van der Waals surface area contributed by atoms with E-state index in [9.17, 15) is 9.59 Å². The zero-order valence-electron chi connectivity index (χ0n) is 14.4. The molecule has 8 nitrogen and oxygen atoms in total. The third-order valence-electron chi connectivity index (χ3n) is 5.18. The monoisotopic (exact) mass is 347 g/mol. The van der Waals surface area contributed by atoms with Gasteiger partial charge in [0.15, 0.2) is 0 Å². The number of nitrogens with zero attached hydrogens (tertiary/aromatic N) is 3. The first-order valence-electron chi connectivity index (χ1n) is 8.84. The summed E-state index contributed by atoms with van der Waals surface area (Å²) in [6.45, 7) is 3.89. The molecule has 0 radical (unpaired) electrons. The maximum absolute atomic E-state index is 12.4. The molecule has 1 aliphatic heterocycles. The van der Waals surface area contributed by atoms with Gasteiger partial charge in [-0.05, 0) is 12.8 Å². The van der Waals surface area contributed by atoms with Crippen LogP contribution < -0.4 is 11.1 Å². The molecule has 1 aromatic rings. The maximum Gasteiger partial charge on any atom is 0.271 e. The van der Waals surface area contributed by atoms with Crippen LogP contribution in [0.1, 0.15) is 53.1 Å². The molecule has 0 unspecified atom stereocenters. The first-order chi connectivity index (χ1) is 12.1. The van der Waals surface area contributed by atoms with E-state index in [0.717, 1.165) is 39.1 Å². The van der Waals surface area contributed by atoms with Crippen molar-refractivity contribution in [3.8, 4) is 0 Å². The van der Waals surface area contributed by atoms with Crippen molar-refractivity contribution in [3.05, 3.63) is 23.8 Å². The number of hydrogen-bond acceptors (Lipinski definition) is 6. The number of carbonyl (C=O) groups is 2. The predicted molar refractivity (Wildman–Crippen MR) is 91.1 cm³/mol. The Hall–Kier alpha value is -2.06. The van der Waals surface area contributed by atoms with Gasteiger partial charge in [-0.1, -0.05) is 19.3 Å². The Kier molecular flexibility index (Phi) is 5.60. The number of carbonyl (C=O) groups excluding carboxylic acids is 2. The highest BCUT2D eigenvalue weighted by molar-refractivity contribution is 5.93. The smallest absolute Gasteiger partial charge is 0.271 e. The molecular formula is C17H25N5O3. The van der Waals surface area contributed by atoms with Gasteiger partial charge in [0.25, 0.3) is 11.8 Å². The summed E-state index contributed by atoms with van der Waals surface area (Å²) >= 11 is 0. The van der Waals surface area contributed by atoms with Crippen LogP contribution >= 0.6 is 0 Å². The van der Waals surface area contributed by atoms with Crippen LogP contribution in [0.25, 0.3) is 0 Å². The zero-order valence-corrected chi connectivity index (χ0v) is 14.4. The van der Waals surface area contributed by atoms with Gasteiger partial charge in [0.05, 0.1) is 25.6 Å². The van der Waals surface area contributed by atoms with Gasteiger partial charge >= 0.3 is 0 Å². The van der Waals surface area contributed by atoms with E-state index in [4.69, 9.17) is 10.5 Å². The molecule has 1 saturated carbocycles. The maximum atomic E-state index is 12.4. The lowest BCUT2D eigenvalue weighted by atomic mass is 9.79. The van der Waals surface area contributed by atoms with Gasteiger partial charge in [0.2, 0.25) is 0 Å². The van der Waals surface area contributed by atoms with Gasteiger partial charge in [-0.25, -0.2) is 9.97 Å². The molecule has 25 heavy (non-hydrogen) atoms. The summed E-state index contributed by atoms with van der Waals surface area (Å²) in [6, 6.07) is 0. The van der Waals surface area contributed by atoms with Gasteiger partial charge in [0, 0.05) is 25.2 Å². The Morgan fingerprint density at radius 3 is 2.36 bits per heavy atom. The minimum absolute atomic E-state index is 0.00170. The second-order valence-corrected chi connectivity index (χ2v) is 6.72. The molecule has 2 amide bonds. The quantitative estimate of drug-likeness (QED) is 0.795. The number of rotatable bonds is 5. The molecule has 3 N–H and O–H groups in total. The fourth-order valence-corrected chi connectivity index (χ4v) is 3.76. The van der Waals surface area contributed by atoms with Crippen molar-refractivity contribution in [1.29, 1.82) is 0 Å². The molecule has 2 fully saturated rings. The second kappa shape index (κ2) is 7.88. The summed E-state index contributed by atoms with van der Waals surface area (Å²) < 4.78 is 5.48. The number of nitrogens with one attached hydrogen (secondary N) is 1. The van der Waals surface area contributed by atoms with Crippen LogP contribution in [0.2, 0.25) is 0 Å². The highest BCUT2D eigenvalue weighted by Crippen LogP contribution is 2.33. The van der Waals surface area contributed by atoms with Crippen LogP contribution in [0, 0.1) is 0 Å². The van der Waals surface area contributed by atoms with E-state index in [1.54, 1.807) is 0 Å². The number of amides is 2. The molecule has 0 atom stereocenters. The van der Waals surface area contributed by atoms with Crippen LogP contribution in [0.3, 0.4) is 0 Å². The molecule has 0 aromatic carbocycles. The van der Waals surface area contributed by atoms with E-state index in [0.29, 0.717) is 6.54 Å². The Balaban J connectivity index is 1.65. The first kappa shape index (κ1) is 17.8.